The summed E-state index contributed by atoms with van der Waals surface area (Å²) in [6.07, 6.45) is 1.48. The summed E-state index contributed by atoms with van der Waals surface area (Å²) in [5.41, 5.74) is 1.02. The van der Waals surface area contributed by atoms with Crippen LogP contribution in [-0.2, 0) is 9.59 Å². The van der Waals surface area contributed by atoms with E-state index in [1.807, 2.05) is 0 Å². The van der Waals surface area contributed by atoms with Gasteiger partial charge >= 0.3 is 0 Å². The molecule has 1 saturated heterocycles. The van der Waals surface area contributed by atoms with Gasteiger partial charge in [-0.25, -0.2) is 0 Å². The Labute approximate surface area is 127 Å². The summed E-state index contributed by atoms with van der Waals surface area (Å²) in [4.78, 5) is 23.3. The Morgan fingerprint density at radius 3 is 3.10 bits per heavy atom. The molecule has 112 valence electrons. The van der Waals surface area contributed by atoms with Crippen LogP contribution in [0.25, 0.3) is 0 Å². The Morgan fingerprint density at radius 2 is 2.33 bits per heavy atom. The molecule has 0 aromatic heterocycles. The molecule has 0 bridgehead atoms. The number of anilines is 2. The van der Waals surface area contributed by atoms with Gasteiger partial charge in [-0.15, -0.1) is 0 Å². The minimum Gasteiger partial charge on any atom is -0.482 e. The maximum Gasteiger partial charge on any atom is 0.262 e. The standard InChI is InChI=1S/C14H16ClN3O3/c15-9-4-11-12(21-7-14(20)18-11)5-10(9)17-13(19)3-8-1-2-16-6-8/h4-5,8,16H,1-3,6-7H2,(H,17,19)(H,18,20). The van der Waals surface area contributed by atoms with Crippen molar-refractivity contribution in [3.05, 3.63) is 17.2 Å². The number of ether oxygens (including phenoxy) is 1. The van der Waals surface area contributed by atoms with Crippen molar-refractivity contribution >= 4 is 34.8 Å². The molecular weight excluding hydrogens is 294 g/mol. The van der Waals surface area contributed by atoms with Gasteiger partial charge in [-0.1, -0.05) is 11.6 Å². The first-order chi connectivity index (χ1) is 10.1. The molecule has 2 aliphatic rings. The van der Waals surface area contributed by atoms with Crippen LogP contribution in [0.1, 0.15) is 12.8 Å². The van der Waals surface area contributed by atoms with Crippen molar-refractivity contribution in [3.8, 4) is 5.75 Å². The number of halogens is 1. The molecule has 1 aromatic rings. The molecule has 2 amide bonds. The van der Waals surface area contributed by atoms with Crippen LogP contribution in [0.4, 0.5) is 11.4 Å². The average Bonchev–Trinajstić information content (AvgIpc) is 2.92. The molecule has 1 unspecified atom stereocenters. The van der Waals surface area contributed by atoms with Crippen LogP contribution in [0.2, 0.25) is 5.02 Å². The zero-order valence-corrected chi connectivity index (χ0v) is 12.1. The molecule has 21 heavy (non-hydrogen) atoms. The van der Waals surface area contributed by atoms with Crippen LogP contribution in [0.3, 0.4) is 0 Å². The normalized spacial score (nSPS) is 20.4. The predicted octanol–water partition coefficient (Wildman–Crippen LogP) is 1.61. The van der Waals surface area contributed by atoms with Crippen molar-refractivity contribution in [3.63, 3.8) is 0 Å². The van der Waals surface area contributed by atoms with Gasteiger partial charge in [0.15, 0.2) is 6.61 Å². The van der Waals surface area contributed by atoms with Crippen LogP contribution >= 0.6 is 11.6 Å². The fourth-order valence-electron chi connectivity index (χ4n) is 2.55. The number of benzene rings is 1. The second-order valence-electron chi connectivity index (χ2n) is 5.28. The van der Waals surface area contributed by atoms with E-state index >= 15 is 0 Å². The third-order valence-corrected chi connectivity index (χ3v) is 3.93. The first kappa shape index (κ1) is 14.2. The van der Waals surface area contributed by atoms with E-state index in [9.17, 15) is 9.59 Å². The Kier molecular flexibility index (Phi) is 3.98. The van der Waals surface area contributed by atoms with Crippen LogP contribution in [0, 0.1) is 5.92 Å². The lowest BCUT2D eigenvalue weighted by Crippen LogP contribution is -2.25. The van der Waals surface area contributed by atoms with Crippen molar-refractivity contribution in [2.75, 3.05) is 30.3 Å². The molecule has 1 atom stereocenters. The number of carbonyl (C=O) groups excluding carboxylic acids is 2. The lowest BCUT2D eigenvalue weighted by Gasteiger charge is -2.20. The van der Waals surface area contributed by atoms with E-state index in [2.05, 4.69) is 16.0 Å². The lowest BCUT2D eigenvalue weighted by atomic mass is 10.0. The maximum atomic E-state index is 12.0. The van der Waals surface area contributed by atoms with Crippen molar-refractivity contribution in [1.29, 1.82) is 0 Å². The second kappa shape index (κ2) is 5.91. The van der Waals surface area contributed by atoms with Gasteiger partial charge in [0, 0.05) is 12.5 Å². The largest absolute Gasteiger partial charge is 0.482 e. The zero-order valence-electron chi connectivity index (χ0n) is 11.4. The summed E-state index contributed by atoms with van der Waals surface area (Å²) in [7, 11) is 0. The van der Waals surface area contributed by atoms with E-state index in [-0.39, 0.29) is 18.4 Å². The molecule has 3 N–H and O–H groups in total. The SMILES string of the molecule is O=C(CC1CCNC1)Nc1cc2c(cc1Cl)NC(=O)CO2. The lowest BCUT2D eigenvalue weighted by molar-refractivity contribution is -0.119. The van der Waals surface area contributed by atoms with Crippen molar-refractivity contribution in [2.45, 2.75) is 12.8 Å². The number of fused-ring (bicyclic) bond motifs is 1. The van der Waals surface area contributed by atoms with Gasteiger partial charge < -0.3 is 20.7 Å². The summed E-state index contributed by atoms with van der Waals surface area (Å²) >= 11 is 6.14. The second-order valence-corrected chi connectivity index (χ2v) is 5.68. The molecule has 0 saturated carbocycles. The minimum absolute atomic E-state index is 0.0320. The third kappa shape index (κ3) is 3.28. The molecule has 6 nitrogen and oxygen atoms in total. The summed E-state index contributed by atoms with van der Waals surface area (Å²) < 4.78 is 5.31. The monoisotopic (exact) mass is 309 g/mol. The van der Waals surface area contributed by atoms with Gasteiger partial charge in [0.1, 0.15) is 5.75 Å². The first-order valence-electron chi connectivity index (χ1n) is 6.88. The van der Waals surface area contributed by atoms with E-state index in [1.165, 1.54) is 0 Å². The molecule has 1 fully saturated rings. The molecule has 2 heterocycles. The summed E-state index contributed by atoms with van der Waals surface area (Å²) in [5, 5.41) is 9.08. The Bertz CT molecular complexity index is 585. The van der Waals surface area contributed by atoms with E-state index in [4.69, 9.17) is 16.3 Å². The van der Waals surface area contributed by atoms with Crippen molar-refractivity contribution in [2.24, 2.45) is 5.92 Å². The predicted molar refractivity (Wildman–Crippen MR) is 79.8 cm³/mol. The van der Waals surface area contributed by atoms with Crippen molar-refractivity contribution in [1.82, 2.24) is 5.32 Å². The van der Waals surface area contributed by atoms with Crippen molar-refractivity contribution < 1.29 is 14.3 Å². The van der Waals surface area contributed by atoms with E-state index < -0.39 is 0 Å². The maximum absolute atomic E-state index is 12.0. The summed E-state index contributed by atoms with van der Waals surface area (Å²) in [6.45, 7) is 1.81. The first-order valence-corrected chi connectivity index (χ1v) is 7.26. The fraction of sp³-hybridized carbons (Fsp3) is 0.429. The van der Waals surface area contributed by atoms with Gasteiger partial charge in [0.2, 0.25) is 5.91 Å². The average molecular weight is 310 g/mol. The van der Waals surface area contributed by atoms with E-state index in [0.717, 1.165) is 19.5 Å². The Hall–Kier alpha value is -1.79. The van der Waals surface area contributed by atoms with Crippen LogP contribution in [-0.4, -0.2) is 31.5 Å². The highest BCUT2D eigenvalue weighted by molar-refractivity contribution is 6.34. The number of amides is 2. The van der Waals surface area contributed by atoms with E-state index in [1.54, 1.807) is 12.1 Å². The zero-order chi connectivity index (χ0) is 14.8. The summed E-state index contributed by atoms with van der Waals surface area (Å²) in [5.74, 6) is 0.600. The van der Waals surface area contributed by atoms with Crippen LogP contribution in [0.5, 0.6) is 5.75 Å². The molecule has 1 aromatic carbocycles. The highest BCUT2D eigenvalue weighted by Crippen LogP contribution is 2.36. The number of nitrogens with one attached hydrogen (secondary N) is 3. The van der Waals surface area contributed by atoms with Gasteiger partial charge in [-0.05, 0) is 31.5 Å². The molecule has 0 radical (unpaired) electrons. The molecule has 2 aliphatic heterocycles. The van der Waals surface area contributed by atoms with Crippen LogP contribution < -0.4 is 20.7 Å². The topological polar surface area (TPSA) is 79.5 Å². The van der Waals surface area contributed by atoms with E-state index in [0.29, 0.717) is 34.5 Å². The number of hydrogen-bond acceptors (Lipinski definition) is 4. The molecule has 0 aliphatic carbocycles. The Morgan fingerprint density at radius 1 is 1.48 bits per heavy atom. The molecule has 7 heteroatoms. The number of carbonyl (C=O) groups is 2. The molecule has 3 rings (SSSR count). The fourth-order valence-corrected chi connectivity index (χ4v) is 2.76. The highest BCUT2D eigenvalue weighted by Gasteiger charge is 2.21. The highest BCUT2D eigenvalue weighted by atomic mass is 35.5. The van der Waals surface area contributed by atoms with Gasteiger partial charge in [-0.3, -0.25) is 9.59 Å². The molecule has 0 spiro atoms. The Balaban J connectivity index is 1.70. The summed E-state index contributed by atoms with van der Waals surface area (Å²) in [6, 6.07) is 3.22. The van der Waals surface area contributed by atoms with Gasteiger partial charge in [-0.2, -0.15) is 0 Å². The van der Waals surface area contributed by atoms with Gasteiger partial charge in [0.25, 0.3) is 5.91 Å². The number of rotatable bonds is 3. The number of hydrogen-bond donors (Lipinski definition) is 3. The quantitative estimate of drug-likeness (QED) is 0.792. The third-order valence-electron chi connectivity index (χ3n) is 3.61. The smallest absolute Gasteiger partial charge is 0.262 e. The molecular formula is C14H16ClN3O3. The van der Waals surface area contributed by atoms with Crippen LogP contribution in [0.15, 0.2) is 12.1 Å². The van der Waals surface area contributed by atoms with Gasteiger partial charge in [0.05, 0.1) is 16.4 Å². The minimum atomic E-state index is -0.218.